The van der Waals surface area contributed by atoms with Gasteiger partial charge in [-0.1, -0.05) is 0 Å². The van der Waals surface area contributed by atoms with Gasteiger partial charge in [0, 0.05) is 25.2 Å². The van der Waals surface area contributed by atoms with E-state index in [0.29, 0.717) is 13.1 Å². The van der Waals surface area contributed by atoms with Crippen LogP contribution in [-0.4, -0.2) is 41.1 Å². The van der Waals surface area contributed by atoms with E-state index in [1.165, 1.54) is 39.8 Å². The first-order valence-corrected chi connectivity index (χ1v) is 8.35. The maximum atomic E-state index is 12.4. The van der Waals surface area contributed by atoms with Gasteiger partial charge in [-0.15, -0.1) is 11.3 Å². The van der Waals surface area contributed by atoms with Gasteiger partial charge in [0.25, 0.3) is 0 Å². The lowest BCUT2D eigenvalue weighted by atomic mass is 10.5. The third-order valence-corrected chi connectivity index (χ3v) is 5.31. The third kappa shape index (κ3) is 3.23. The molecule has 2 rings (SSSR count). The molecule has 2 aromatic heterocycles. The highest BCUT2D eigenvalue weighted by Crippen LogP contribution is 2.17. The van der Waals surface area contributed by atoms with Gasteiger partial charge in [0.15, 0.2) is 0 Å². The van der Waals surface area contributed by atoms with Crippen LogP contribution < -0.4 is 5.73 Å². The molecule has 0 radical (unpaired) electrons. The predicted molar refractivity (Wildman–Crippen MR) is 76.8 cm³/mol. The first kappa shape index (κ1) is 15.1. The molecule has 0 bridgehead atoms. The smallest absolute Gasteiger partial charge is 0.246 e. The Balaban J connectivity index is 2.15. The molecule has 0 spiro atoms. The lowest BCUT2D eigenvalue weighted by Crippen LogP contribution is -2.26. The van der Waals surface area contributed by atoms with Crippen molar-refractivity contribution in [2.45, 2.75) is 24.9 Å². The summed E-state index contributed by atoms with van der Waals surface area (Å²) in [5, 5.41) is 6.76. The SMILES string of the molecule is Cc1nc(CN(C)S(=O)(=O)c2cnn(CCN)c2)cs1. The van der Waals surface area contributed by atoms with Gasteiger partial charge in [-0.2, -0.15) is 9.40 Å². The van der Waals surface area contributed by atoms with E-state index >= 15 is 0 Å². The Labute approximate surface area is 122 Å². The summed E-state index contributed by atoms with van der Waals surface area (Å²) in [6.07, 6.45) is 2.83. The Kier molecular flexibility index (Phi) is 4.53. The zero-order valence-corrected chi connectivity index (χ0v) is 13.0. The number of hydrogen-bond donors (Lipinski definition) is 1. The number of rotatable bonds is 6. The van der Waals surface area contributed by atoms with Crippen LogP contribution in [0.25, 0.3) is 0 Å². The largest absolute Gasteiger partial charge is 0.329 e. The fourth-order valence-corrected chi connectivity index (χ4v) is 3.41. The fraction of sp³-hybridized carbons (Fsp3) is 0.455. The van der Waals surface area contributed by atoms with E-state index in [-0.39, 0.29) is 11.4 Å². The molecule has 7 nitrogen and oxygen atoms in total. The number of thiazole rings is 1. The average Bonchev–Trinajstić information content (AvgIpc) is 2.99. The van der Waals surface area contributed by atoms with Crippen LogP contribution in [0.5, 0.6) is 0 Å². The van der Waals surface area contributed by atoms with Crippen molar-refractivity contribution in [1.82, 2.24) is 19.1 Å². The maximum absolute atomic E-state index is 12.4. The molecule has 2 heterocycles. The van der Waals surface area contributed by atoms with Crippen LogP contribution in [0.2, 0.25) is 0 Å². The van der Waals surface area contributed by atoms with Crippen molar-refractivity contribution in [2.75, 3.05) is 13.6 Å². The number of aryl methyl sites for hydroxylation is 1. The summed E-state index contributed by atoms with van der Waals surface area (Å²) in [4.78, 5) is 4.43. The molecular formula is C11H17N5O2S2. The Hall–Kier alpha value is -1.29. The number of nitrogens with two attached hydrogens (primary N) is 1. The van der Waals surface area contributed by atoms with Crippen molar-refractivity contribution in [3.63, 3.8) is 0 Å². The summed E-state index contributed by atoms with van der Waals surface area (Å²) < 4.78 is 27.5. The standard InChI is InChI=1S/C11H17N5O2S2/c1-9-14-10(8-19-9)6-15(2)20(17,18)11-5-13-16(7-11)4-3-12/h5,7-8H,3-4,6,12H2,1-2H3. The van der Waals surface area contributed by atoms with Crippen molar-refractivity contribution < 1.29 is 8.42 Å². The van der Waals surface area contributed by atoms with E-state index in [2.05, 4.69) is 10.1 Å². The van der Waals surface area contributed by atoms with E-state index in [1.807, 2.05) is 12.3 Å². The molecule has 20 heavy (non-hydrogen) atoms. The summed E-state index contributed by atoms with van der Waals surface area (Å²) in [6.45, 7) is 3.04. The van der Waals surface area contributed by atoms with E-state index in [9.17, 15) is 8.42 Å². The summed E-state index contributed by atoms with van der Waals surface area (Å²) in [7, 11) is -2.02. The highest BCUT2D eigenvalue weighted by Gasteiger charge is 2.23. The number of hydrogen-bond acceptors (Lipinski definition) is 6. The van der Waals surface area contributed by atoms with Gasteiger partial charge in [-0.05, 0) is 6.92 Å². The first-order chi connectivity index (χ1) is 9.43. The van der Waals surface area contributed by atoms with Crippen molar-refractivity contribution in [3.8, 4) is 0 Å². The topological polar surface area (TPSA) is 94.1 Å². The molecule has 0 unspecified atom stereocenters. The second-order valence-electron chi connectivity index (χ2n) is 4.35. The molecule has 2 aromatic rings. The molecule has 0 aromatic carbocycles. The van der Waals surface area contributed by atoms with Crippen molar-refractivity contribution >= 4 is 21.4 Å². The van der Waals surface area contributed by atoms with Gasteiger partial charge >= 0.3 is 0 Å². The third-order valence-electron chi connectivity index (χ3n) is 2.73. The lowest BCUT2D eigenvalue weighted by Gasteiger charge is -2.14. The molecule has 0 saturated heterocycles. The number of nitrogens with zero attached hydrogens (tertiary/aromatic N) is 4. The summed E-state index contributed by atoms with van der Waals surface area (Å²) >= 11 is 1.50. The molecule has 0 aliphatic carbocycles. The van der Waals surface area contributed by atoms with Gasteiger partial charge in [0.1, 0.15) is 4.90 Å². The highest BCUT2D eigenvalue weighted by atomic mass is 32.2. The molecule has 0 amide bonds. The molecule has 0 aliphatic rings. The van der Waals surface area contributed by atoms with E-state index < -0.39 is 10.0 Å². The minimum atomic E-state index is -3.55. The minimum absolute atomic E-state index is 0.167. The van der Waals surface area contributed by atoms with E-state index in [0.717, 1.165) is 10.7 Å². The Morgan fingerprint density at radius 2 is 2.25 bits per heavy atom. The van der Waals surface area contributed by atoms with Crippen LogP contribution in [0.1, 0.15) is 10.7 Å². The molecule has 0 aliphatic heterocycles. The normalized spacial score (nSPS) is 12.2. The van der Waals surface area contributed by atoms with Crippen LogP contribution in [0.15, 0.2) is 22.7 Å². The minimum Gasteiger partial charge on any atom is -0.329 e. The van der Waals surface area contributed by atoms with Crippen LogP contribution in [-0.2, 0) is 23.1 Å². The zero-order valence-electron chi connectivity index (χ0n) is 11.4. The molecule has 0 atom stereocenters. The Bertz CT molecular complexity index is 677. The van der Waals surface area contributed by atoms with Gasteiger partial charge in [0.05, 0.1) is 30.0 Å². The Morgan fingerprint density at radius 3 is 2.85 bits per heavy atom. The van der Waals surface area contributed by atoms with Gasteiger partial charge in [-0.3, -0.25) is 4.68 Å². The molecule has 110 valence electrons. The van der Waals surface area contributed by atoms with Crippen LogP contribution in [0, 0.1) is 6.92 Å². The second-order valence-corrected chi connectivity index (χ2v) is 7.45. The van der Waals surface area contributed by atoms with Crippen molar-refractivity contribution in [2.24, 2.45) is 5.73 Å². The lowest BCUT2D eigenvalue weighted by molar-refractivity contribution is 0.462. The molecule has 0 saturated carbocycles. The summed E-state index contributed by atoms with van der Waals surface area (Å²) in [6, 6.07) is 0. The van der Waals surface area contributed by atoms with Gasteiger partial charge < -0.3 is 5.73 Å². The monoisotopic (exact) mass is 315 g/mol. The zero-order chi connectivity index (χ0) is 14.8. The summed E-state index contributed by atoms with van der Waals surface area (Å²) in [5.74, 6) is 0. The van der Waals surface area contributed by atoms with Crippen LogP contribution in [0.3, 0.4) is 0 Å². The molecule has 2 N–H and O–H groups in total. The van der Waals surface area contributed by atoms with Crippen molar-refractivity contribution in [1.29, 1.82) is 0 Å². The number of aromatic nitrogens is 3. The van der Waals surface area contributed by atoms with Crippen LogP contribution >= 0.6 is 11.3 Å². The Morgan fingerprint density at radius 1 is 1.50 bits per heavy atom. The molecule has 9 heteroatoms. The average molecular weight is 315 g/mol. The molecule has 0 fully saturated rings. The van der Waals surface area contributed by atoms with Crippen molar-refractivity contribution in [3.05, 3.63) is 28.5 Å². The molecular weight excluding hydrogens is 298 g/mol. The van der Waals surface area contributed by atoms with E-state index in [4.69, 9.17) is 5.73 Å². The predicted octanol–water partition coefficient (Wildman–Crippen LogP) is 0.427. The fourth-order valence-electron chi connectivity index (χ4n) is 1.71. The quantitative estimate of drug-likeness (QED) is 0.834. The van der Waals surface area contributed by atoms with Gasteiger partial charge in [-0.25, -0.2) is 13.4 Å². The summed E-state index contributed by atoms with van der Waals surface area (Å²) in [5.41, 5.74) is 6.16. The van der Waals surface area contributed by atoms with E-state index in [1.54, 1.807) is 0 Å². The number of sulfonamides is 1. The first-order valence-electron chi connectivity index (χ1n) is 6.03. The maximum Gasteiger partial charge on any atom is 0.246 e. The highest BCUT2D eigenvalue weighted by molar-refractivity contribution is 7.89. The van der Waals surface area contributed by atoms with Gasteiger partial charge in [0.2, 0.25) is 10.0 Å². The second kappa shape index (κ2) is 6.00. The van der Waals surface area contributed by atoms with Crippen LogP contribution in [0.4, 0.5) is 0 Å².